The zero-order chi connectivity index (χ0) is 21.1. The molecule has 0 saturated carbocycles. The summed E-state index contributed by atoms with van der Waals surface area (Å²) in [6.45, 7) is 3.01. The van der Waals surface area contributed by atoms with Crippen LogP contribution in [0.1, 0.15) is 24.8 Å². The van der Waals surface area contributed by atoms with Crippen molar-refractivity contribution in [2.24, 2.45) is 0 Å². The van der Waals surface area contributed by atoms with Gasteiger partial charge in [0.05, 0.1) is 10.6 Å². The third kappa shape index (κ3) is 4.30. The van der Waals surface area contributed by atoms with Crippen molar-refractivity contribution in [3.05, 3.63) is 60.2 Å². The van der Waals surface area contributed by atoms with Gasteiger partial charge in [-0.1, -0.05) is 30.3 Å². The molecule has 2 amide bonds. The van der Waals surface area contributed by atoms with Crippen molar-refractivity contribution in [3.8, 4) is 0 Å². The summed E-state index contributed by atoms with van der Waals surface area (Å²) in [5.74, 6) is -0.479. The van der Waals surface area contributed by atoms with E-state index in [0.29, 0.717) is 51.1 Å². The maximum Gasteiger partial charge on any atom is 0.243 e. The Morgan fingerprint density at radius 3 is 1.97 bits per heavy atom. The van der Waals surface area contributed by atoms with Crippen LogP contribution in [-0.4, -0.2) is 55.6 Å². The highest BCUT2D eigenvalue weighted by atomic mass is 32.2. The fraction of sp³-hybridized carbons (Fsp3) is 0.364. The maximum absolute atomic E-state index is 13.0. The van der Waals surface area contributed by atoms with E-state index in [1.807, 2.05) is 18.2 Å². The van der Waals surface area contributed by atoms with Gasteiger partial charge in [0, 0.05) is 45.6 Å². The van der Waals surface area contributed by atoms with E-state index in [4.69, 9.17) is 0 Å². The number of imide groups is 1. The molecule has 2 aliphatic rings. The molecule has 0 radical (unpaired) electrons. The third-order valence-electron chi connectivity index (χ3n) is 5.59. The topological polar surface area (TPSA) is 78.0 Å². The molecule has 2 aromatic rings. The van der Waals surface area contributed by atoms with Gasteiger partial charge in [-0.25, -0.2) is 8.42 Å². The minimum absolute atomic E-state index is 0.180. The number of sulfonamides is 1. The second kappa shape index (κ2) is 8.67. The molecule has 4 rings (SSSR count). The van der Waals surface area contributed by atoms with Crippen LogP contribution in [0, 0.1) is 0 Å². The molecule has 0 aromatic heterocycles. The van der Waals surface area contributed by atoms with Gasteiger partial charge in [0.2, 0.25) is 21.8 Å². The second-order valence-electron chi connectivity index (χ2n) is 7.64. The molecular weight excluding hydrogens is 402 g/mol. The zero-order valence-electron chi connectivity index (χ0n) is 16.7. The molecule has 0 bridgehead atoms. The standard InChI is InChI=1S/C22H25N3O4S/c26-21-7-4-8-22(27)25(21)19-9-11-20(12-10-19)30(28,29)24-15-13-23(14-16-24)17-18-5-2-1-3-6-18/h1-3,5-6,9-12H,4,7-8,13-17H2. The van der Waals surface area contributed by atoms with Gasteiger partial charge in [-0.05, 0) is 36.2 Å². The lowest BCUT2D eigenvalue weighted by molar-refractivity contribution is -0.129. The first-order valence-electron chi connectivity index (χ1n) is 10.2. The number of hydrogen-bond acceptors (Lipinski definition) is 5. The Morgan fingerprint density at radius 2 is 1.37 bits per heavy atom. The van der Waals surface area contributed by atoms with Crippen LogP contribution in [0.3, 0.4) is 0 Å². The summed E-state index contributed by atoms with van der Waals surface area (Å²) in [5.41, 5.74) is 1.64. The molecule has 8 heteroatoms. The predicted octanol–water partition coefficient (Wildman–Crippen LogP) is 2.24. The summed E-state index contributed by atoms with van der Waals surface area (Å²) in [6.07, 6.45) is 1.23. The zero-order valence-corrected chi connectivity index (χ0v) is 17.6. The van der Waals surface area contributed by atoms with Gasteiger partial charge >= 0.3 is 0 Å². The molecule has 0 N–H and O–H groups in total. The van der Waals surface area contributed by atoms with Gasteiger partial charge in [0.15, 0.2) is 0 Å². The third-order valence-corrected chi connectivity index (χ3v) is 7.51. The van der Waals surface area contributed by atoms with Crippen LogP contribution in [-0.2, 0) is 26.2 Å². The Morgan fingerprint density at radius 1 is 0.767 bits per heavy atom. The van der Waals surface area contributed by atoms with Gasteiger partial charge < -0.3 is 0 Å². The molecule has 30 heavy (non-hydrogen) atoms. The molecule has 0 atom stereocenters. The van der Waals surface area contributed by atoms with Gasteiger partial charge in [0.1, 0.15) is 0 Å². The number of carbonyl (C=O) groups excluding carboxylic acids is 2. The SMILES string of the molecule is O=C1CCCC(=O)N1c1ccc(S(=O)(=O)N2CCN(Cc3ccccc3)CC2)cc1. The fourth-order valence-corrected chi connectivity index (χ4v) is 5.35. The van der Waals surface area contributed by atoms with E-state index in [0.717, 1.165) is 11.4 Å². The lowest BCUT2D eigenvalue weighted by Crippen LogP contribution is -2.48. The molecule has 2 fully saturated rings. The average molecular weight is 428 g/mol. The van der Waals surface area contributed by atoms with Gasteiger partial charge in [-0.3, -0.25) is 19.4 Å². The number of hydrogen-bond donors (Lipinski definition) is 0. The van der Waals surface area contributed by atoms with Gasteiger partial charge in [-0.15, -0.1) is 0 Å². The van der Waals surface area contributed by atoms with Crippen LogP contribution >= 0.6 is 0 Å². The highest BCUT2D eigenvalue weighted by Gasteiger charge is 2.30. The smallest absolute Gasteiger partial charge is 0.243 e. The average Bonchev–Trinajstić information content (AvgIpc) is 2.75. The second-order valence-corrected chi connectivity index (χ2v) is 9.57. The van der Waals surface area contributed by atoms with E-state index in [2.05, 4.69) is 17.0 Å². The molecule has 0 spiro atoms. The molecule has 0 unspecified atom stereocenters. The first kappa shape index (κ1) is 20.7. The molecule has 0 aliphatic carbocycles. The molecule has 2 heterocycles. The van der Waals surface area contributed by atoms with E-state index in [1.165, 1.54) is 22.0 Å². The van der Waals surface area contributed by atoms with Crippen molar-refractivity contribution in [2.45, 2.75) is 30.7 Å². The normalized spacial score (nSPS) is 19.3. The van der Waals surface area contributed by atoms with Crippen molar-refractivity contribution >= 4 is 27.5 Å². The molecule has 2 aromatic carbocycles. The van der Waals surface area contributed by atoms with E-state index < -0.39 is 10.0 Å². The number of piperazine rings is 1. The highest BCUT2D eigenvalue weighted by Crippen LogP contribution is 2.25. The number of rotatable bonds is 5. The van der Waals surface area contributed by atoms with Crippen LogP contribution < -0.4 is 4.90 Å². The lowest BCUT2D eigenvalue weighted by atomic mass is 10.1. The van der Waals surface area contributed by atoms with Crippen molar-refractivity contribution in [1.29, 1.82) is 0 Å². The number of nitrogens with zero attached hydrogens (tertiary/aromatic N) is 3. The Hall–Kier alpha value is -2.55. The quantitative estimate of drug-likeness (QED) is 0.684. The summed E-state index contributed by atoms with van der Waals surface area (Å²) < 4.78 is 27.6. The van der Waals surface area contributed by atoms with Crippen LogP contribution in [0.5, 0.6) is 0 Å². The molecule has 158 valence electrons. The van der Waals surface area contributed by atoms with E-state index in [1.54, 1.807) is 12.1 Å². The minimum Gasteiger partial charge on any atom is -0.296 e. The lowest BCUT2D eigenvalue weighted by Gasteiger charge is -2.34. The fourth-order valence-electron chi connectivity index (χ4n) is 3.93. The van der Waals surface area contributed by atoms with Crippen LogP contribution in [0.4, 0.5) is 5.69 Å². The molecular formula is C22H25N3O4S. The van der Waals surface area contributed by atoms with Crippen molar-refractivity contribution < 1.29 is 18.0 Å². The predicted molar refractivity (Wildman–Crippen MR) is 113 cm³/mol. The summed E-state index contributed by atoms with van der Waals surface area (Å²) in [4.78, 5) is 27.7. The number of amides is 2. The van der Waals surface area contributed by atoms with Gasteiger partial charge in [0.25, 0.3) is 0 Å². The monoisotopic (exact) mass is 427 g/mol. The van der Waals surface area contributed by atoms with Crippen LogP contribution in [0.2, 0.25) is 0 Å². The Balaban J connectivity index is 1.41. The number of benzene rings is 2. The van der Waals surface area contributed by atoms with Crippen LogP contribution in [0.15, 0.2) is 59.5 Å². The molecule has 7 nitrogen and oxygen atoms in total. The molecule has 2 aliphatic heterocycles. The van der Waals surface area contributed by atoms with Crippen LogP contribution in [0.25, 0.3) is 0 Å². The van der Waals surface area contributed by atoms with E-state index in [-0.39, 0.29) is 16.7 Å². The Bertz CT molecular complexity index is 998. The van der Waals surface area contributed by atoms with E-state index >= 15 is 0 Å². The van der Waals surface area contributed by atoms with E-state index in [9.17, 15) is 18.0 Å². The van der Waals surface area contributed by atoms with Crippen molar-refractivity contribution in [3.63, 3.8) is 0 Å². The largest absolute Gasteiger partial charge is 0.296 e. The molecule has 2 saturated heterocycles. The number of anilines is 1. The van der Waals surface area contributed by atoms with Crippen molar-refractivity contribution in [2.75, 3.05) is 31.1 Å². The minimum atomic E-state index is -3.61. The first-order valence-corrected chi connectivity index (χ1v) is 11.6. The van der Waals surface area contributed by atoms with Gasteiger partial charge in [-0.2, -0.15) is 4.31 Å². The summed E-state index contributed by atoms with van der Waals surface area (Å²) in [7, 11) is -3.61. The summed E-state index contributed by atoms with van der Waals surface area (Å²) in [5, 5.41) is 0. The number of carbonyl (C=O) groups is 2. The van der Waals surface area contributed by atoms with Crippen molar-refractivity contribution in [1.82, 2.24) is 9.21 Å². The Labute approximate surface area is 176 Å². The first-order chi connectivity index (χ1) is 14.4. The Kier molecular flexibility index (Phi) is 5.99. The summed E-state index contributed by atoms with van der Waals surface area (Å²) >= 11 is 0. The highest BCUT2D eigenvalue weighted by molar-refractivity contribution is 7.89. The summed E-state index contributed by atoms with van der Waals surface area (Å²) in [6, 6.07) is 16.2. The number of piperidine rings is 1. The maximum atomic E-state index is 13.0.